The SMILES string of the molecule is COc1ccc(C2(CNC(=O)Nc3ccc(F)cc3)CC2)cc1. The van der Waals surface area contributed by atoms with E-state index in [9.17, 15) is 9.18 Å². The molecule has 5 heteroatoms. The molecule has 3 rings (SSSR count). The maximum Gasteiger partial charge on any atom is 0.319 e. The molecule has 0 aromatic heterocycles. The average molecular weight is 314 g/mol. The fraction of sp³-hybridized carbons (Fsp3) is 0.278. The van der Waals surface area contributed by atoms with E-state index in [0.717, 1.165) is 18.6 Å². The Morgan fingerprint density at radius 2 is 1.78 bits per heavy atom. The summed E-state index contributed by atoms with van der Waals surface area (Å²) in [5, 5.41) is 5.60. The van der Waals surface area contributed by atoms with Gasteiger partial charge in [0.25, 0.3) is 0 Å². The van der Waals surface area contributed by atoms with E-state index in [-0.39, 0.29) is 17.3 Å². The van der Waals surface area contributed by atoms with Gasteiger partial charge in [-0.3, -0.25) is 0 Å². The van der Waals surface area contributed by atoms with Crippen LogP contribution in [0.1, 0.15) is 18.4 Å². The lowest BCUT2D eigenvalue weighted by atomic mass is 9.96. The Bertz CT molecular complexity index is 679. The Kier molecular flexibility index (Phi) is 4.19. The van der Waals surface area contributed by atoms with Crippen LogP contribution in [0.25, 0.3) is 0 Å². The number of halogens is 1. The van der Waals surface area contributed by atoms with E-state index in [1.54, 1.807) is 7.11 Å². The Morgan fingerprint density at radius 3 is 2.35 bits per heavy atom. The van der Waals surface area contributed by atoms with E-state index < -0.39 is 0 Å². The monoisotopic (exact) mass is 314 g/mol. The van der Waals surface area contributed by atoms with Crippen LogP contribution in [-0.2, 0) is 5.41 Å². The van der Waals surface area contributed by atoms with Crippen molar-refractivity contribution in [3.8, 4) is 5.75 Å². The van der Waals surface area contributed by atoms with E-state index in [1.807, 2.05) is 24.3 Å². The summed E-state index contributed by atoms with van der Waals surface area (Å²) in [7, 11) is 1.64. The van der Waals surface area contributed by atoms with E-state index in [4.69, 9.17) is 4.74 Å². The van der Waals surface area contributed by atoms with Crippen molar-refractivity contribution in [3.63, 3.8) is 0 Å². The number of hydrogen-bond donors (Lipinski definition) is 2. The zero-order chi connectivity index (χ0) is 16.3. The second-order valence-corrected chi connectivity index (χ2v) is 5.82. The summed E-state index contributed by atoms with van der Waals surface area (Å²) in [5.41, 5.74) is 1.80. The van der Waals surface area contributed by atoms with Gasteiger partial charge in [-0.1, -0.05) is 12.1 Å². The molecule has 0 aliphatic heterocycles. The van der Waals surface area contributed by atoms with E-state index in [1.165, 1.54) is 29.8 Å². The van der Waals surface area contributed by atoms with E-state index in [0.29, 0.717) is 12.2 Å². The maximum absolute atomic E-state index is 12.8. The third kappa shape index (κ3) is 3.62. The standard InChI is InChI=1S/C18H19FN2O2/c1-23-16-8-2-13(3-9-16)18(10-11-18)12-20-17(22)21-15-6-4-14(19)5-7-15/h2-9H,10-12H2,1H3,(H2,20,21,22). The fourth-order valence-corrected chi connectivity index (χ4v) is 2.62. The van der Waals surface area contributed by atoms with Crippen molar-refractivity contribution in [3.05, 3.63) is 59.9 Å². The smallest absolute Gasteiger partial charge is 0.319 e. The highest BCUT2D eigenvalue weighted by Gasteiger charge is 2.44. The molecule has 0 radical (unpaired) electrons. The van der Waals surface area contributed by atoms with Crippen molar-refractivity contribution in [2.75, 3.05) is 19.0 Å². The highest BCUT2D eigenvalue weighted by Crippen LogP contribution is 2.47. The quantitative estimate of drug-likeness (QED) is 0.884. The number of methoxy groups -OCH3 is 1. The van der Waals surface area contributed by atoms with Gasteiger partial charge < -0.3 is 15.4 Å². The van der Waals surface area contributed by atoms with E-state index in [2.05, 4.69) is 10.6 Å². The molecule has 2 N–H and O–H groups in total. The number of benzene rings is 2. The number of anilines is 1. The van der Waals surface area contributed by atoms with Crippen molar-refractivity contribution in [1.29, 1.82) is 0 Å². The molecule has 2 amide bonds. The molecule has 0 bridgehead atoms. The van der Waals surface area contributed by atoms with Crippen molar-refractivity contribution in [1.82, 2.24) is 5.32 Å². The molecule has 0 unspecified atom stereocenters. The summed E-state index contributed by atoms with van der Waals surface area (Å²) in [5.74, 6) is 0.499. The molecule has 2 aromatic rings. The van der Waals surface area contributed by atoms with Crippen LogP contribution in [0.4, 0.5) is 14.9 Å². The Hall–Kier alpha value is -2.56. The van der Waals surface area contributed by atoms with Gasteiger partial charge in [-0.2, -0.15) is 0 Å². The van der Waals surface area contributed by atoms with Gasteiger partial charge in [-0.05, 0) is 54.8 Å². The number of nitrogens with one attached hydrogen (secondary N) is 2. The Labute approximate surface area is 134 Å². The second-order valence-electron chi connectivity index (χ2n) is 5.82. The first-order chi connectivity index (χ1) is 11.1. The van der Waals surface area contributed by atoms with Crippen molar-refractivity contribution < 1.29 is 13.9 Å². The number of hydrogen-bond acceptors (Lipinski definition) is 2. The van der Waals surface area contributed by atoms with Crippen LogP contribution in [0.3, 0.4) is 0 Å². The molecule has 1 fully saturated rings. The molecule has 2 aromatic carbocycles. The predicted molar refractivity (Wildman–Crippen MR) is 87.3 cm³/mol. The number of urea groups is 1. The predicted octanol–water partition coefficient (Wildman–Crippen LogP) is 3.69. The van der Waals surface area contributed by atoms with Crippen LogP contribution in [0.2, 0.25) is 0 Å². The fourth-order valence-electron chi connectivity index (χ4n) is 2.62. The number of carbonyl (C=O) groups is 1. The van der Waals surface area contributed by atoms with Gasteiger partial charge in [0, 0.05) is 17.6 Å². The third-order valence-electron chi connectivity index (χ3n) is 4.25. The summed E-state index contributed by atoms with van der Waals surface area (Å²) in [6, 6.07) is 13.4. The number of amides is 2. The molecular formula is C18H19FN2O2. The first kappa shape index (κ1) is 15.3. The lowest BCUT2D eigenvalue weighted by molar-refractivity contribution is 0.251. The van der Waals surface area contributed by atoms with Gasteiger partial charge in [-0.15, -0.1) is 0 Å². The number of carbonyl (C=O) groups excluding carboxylic acids is 1. The average Bonchev–Trinajstić information content (AvgIpc) is 3.36. The lowest BCUT2D eigenvalue weighted by Crippen LogP contribution is -2.35. The minimum Gasteiger partial charge on any atom is -0.497 e. The second kappa shape index (κ2) is 6.28. The third-order valence-corrected chi connectivity index (χ3v) is 4.25. The molecule has 120 valence electrons. The van der Waals surface area contributed by atoms with Crippen LogP contribution in [-0.4, -0.2) is 19.7 Å². The summed E-state index contributed by atoms with van der Waals surface area (Å²) < 4.78 is 18.0. The molecule has 23 heavy (non-hydrogen) atoms. The molecule has 4 nitrogen and oxygen atoms in total. The summed E-state index contributed by atoms with van der Waals surface area (Å²) in [4.78, 5) is 12.0. The summed E-state index contributed by atoms with van der Waals surface area (Å²) in [6.45, 7) is 0.576. The first-order valence-corrected chi connectivity index (χ1v) is 7.56. The highest BCUT2D eigenvalue weighted by molar-refractivity contribution is 5.89. The van der Waals surface area contributed by atoms with Crippen LogP contribution >= 0.6 is 0 Å². The zero-order valence-electron chi connectivity index (χ0n) is 12.9. The normalized spacial score (nSPS) is 14.9. The molecular weight excluding hydrogens is 295 g/mol. The molecule has 0 saturated heterocycles. The van der Waals surface area contributed by atoms with Crippen molar-refractivity contribution in [2.45, 2.75) is 18.3 Å². The Morgan fingerprint density at radius 1 is 1.13 bits per heavy atom. The van der Waals surface area contributed by atoms with Crippen LogP contribution in [0, 0.1) is 5.82 Å². The first-order valence-electron chi connectivity index (χ1n) is 7.56. The van der Waals surface area contributed by atoms with Gasteiger partial charge in [0.2, 0.25) is 0 Å². The van der Waals surface area contributed by atoms with Gasteiger partial charge in [0.1, 0.15) is 11.6 Å². The molecule has 0 spiro atoms. The molecule has 1 aliphatic carbocycles. The molecule has 1 saturated carbocycles. The van der Waals surface area contributed by atoms with Gasteiger partial charge in [0.15, 0.2) is 0 Å². The molecule has 0 atom stereocenters. The summed E-state index contributed by atoms with van der Waals surface area (Å²) >= 11 is 0. The van der Waals surface area contributed by atoms with Crippen molar-refractivity contribution >= 4 is 11.7 Å². The minimum absolute atomic E-state index is 0.0202. The zero-order valence-corrected chi connectivity index (χ0v) is 12.9. The van der Waals surface area contributed by atoms with Crippen LogP contribution in [0.5, 0.6) is 5.75 Å². The van der Waals surface area contributed by atoms with Crippen LogP contribution < -0.4 is 15.4 Å². The minimum atomic E-state index is -0.326. The van der Waals surface area contributed by atoms with E-state index >= 15 is 0 Å². The number of ether oxygens (including phenoxy) is 1. The van der Waals surface area contributed by atoms with Gasteiger partial charge in [0.05, 0.1) is 7.11 Å². The van der Waals surface area contributed by atoms with Crippen LogP contribution in [0.15, 0.2) is 48.5 Å². The topological polar surface area (TPSA) is 50.4 Å². The maximum atomic E-state index is 12.8. The van der Waals surface area contributed by atoms with Crippen molar-refractivity contribution in [2.24, 2.45) is 0 Å². The largest absolute Gasteiger partial charge is 0.497 e. The highest BCUT2D eigenvalue weighted by atomic mass is 19.1. The summed E-state index contributed by atoms with van der Waals surface area (Å²) in [6.07, 6.45) is 2.10. The van der Waals surface area contributed by atoms with Gasteiger partial charge >= 0.3 is 6.03 Å². The van der Waals surface area contributed by atoms with Gasteiger partial charge in [-0.25, -0.2) is 9.18 Å². The number of rotatable bonds is 5. The Balaban J connectivity index is 1.56. The molecule has 0 heterocycles. The lowest BCUT2D eigenvalue weighted by Gasteiger charge is -2.17. The molecule has 1 aliphatic rings.